The van der Waals surface area contributed by atoms with Gasteiger partial charge < -0.3 is 4.90 Å². The second-order valence-corrected chi connectivity index (χ2v) is 15.5. The van der Waals surface area contributed by atoms with Gasteiger partial charge in [0, 0.05) is 52.9 Å². The van der Waals surface area contributed by atoms with E-state index in [4.69, 9.17) is 0 Å². The molecular formula is C46H35NS. The molecule has 230 valence electrons. The minimum atomic E-state index is -0.0944. The molecule has 2 heteroatoms. The average Bonchev–Trinajstić information content (AvgIpc) is 3.70. The highest BCUT2D eigenvalue weighted by molar-refractivity contribution is 7.26. The van der Waals surface area contributed by atoms with Crippen molar-refractivity contribution in [2.75, 3.05) is 4.90 Å². The zero-order valence-electron chi connectivity index (χ0n) is 27.6. The van der Waals surface area contributed by atoms with Gasteiger partial charge in [-0.2, -0.15) is 0 Å². The molecule has 2 aliphatic carbocycles. The zero-order chi connectivity index (χ0) is 32.4. The fourth-order valence-electron chi connectivity index (χ4n) is 8.95. The summed E-state index contributed by atoms with van der Waals surface area (Å²) >= 11 is 1.91. The van der Waals surface area contributed by atoms with Crippen LogP contribution in [0.15, 0.2) is 140 Å². The predicted octanol–water partition coefficient (Wildman–Crippen LogP) is 13.3. The Morgan fingerprint density at radius 2 is 0.854 bits per heavy atom. The van der Waals surface area contributed by atoms with Gasteiger partial charge in [0.1, 0.15) is 0 Å². The molecule has 0 N–H and O–H groups in total. The lowest BCUT2D eigenvalue weighted by Gasteiger charge is -2.32. The normalized spacial score (nSPS) is 15.0. The lowest BCUT2D eigenvalue weighted by atomic mass is 9.82. The number of nitrogens with zero attached hydrogens (tertiary/aromatic N) is 1. The molecule has 2 aliphatic rings. The minimum Gasteiger partial charge on any atom is -0.309 e. The van der Waals surface area contributed by atoms with E-state index in [9.17, 15) is 0 Å². The van der Waals surface area contributed by atoms with Gasteiger partial charge in [0.15, 0.2) is 0 Å². The Morgan fingerprint density at radius 1 is 0.396 bits per heavy atom. The number of hydrogen-bond donors (Lipinski definition) is 0. The van der Waals surface area contributed by atoms with Crippen LogP contribution in [0.3, 0.4) is 0 Å². The molecule has 0 saturated heterocycles. The molecule has 0 spiro atoms. The van der Waals surface area contributed by atoms with E-state index in [1.165, 1.54) is 92.5 Å². The number of hydrogen-bond acceptors (Lipinski definition) is 2. The van der Waals surface area contributed by atoms with Gasteiger partial charge in [-0.05, 0) is 57.6 Å². The first-order chi connectivity index (χ1) is 23.4. The molecule has 1 nitrogen and oxygen atoms in total. The molecule has 0 saturated carbocycles. The number of fused-ring (bicyclic) bond motifs is 11. The smallest absolute Gasteiger partial charge is 0.0543 e. The molecule has 1 heterocycles. The van der Waals surface area contributed by atoms with Gasteiger partial charge in [0.25, 0.3) is 0 Å². The Balaban J connectivity index is 1.34. The van der Waals surface area contributed by atoms with Crippen molar-refractivity contribution in [3.63, 3.8) is 0 Å². The predicted molar refractivity (Wildman–Crippen MR) is 207 cm³/mol. The number of rotatable bonds is 3. The largest absolute Gasteiger partial charge is 0.309 e. The maximum absolute atomic E-state index is 2.59. The van der Waals surface area contributed by atoms with Crippen molar-refractivity contribution in [3.8, 4) is 22.3 Å². The summed E-state index contributed by atoms with van der Waals surface area (Å²) in [6, 6.07) is 52.4. The highest BCUT2D eigenvalue weighted by atomic mass is 32.1. The van der Waals surface area contributed by atoms with E-state index in [1.807, 2.05) is 11.3 Å². The minimum absolute atomic E-state index is 0.0944. The molecule has 7 aromatic carbocycles. The van der Waals surface area contributed by atoms with Gasteiger partial charge in [0.05, 0.1) is 17.1 Å². The second-order valence-electron chi connectivity index (χ2n) is 14.5. The van der Waals surface area contributed by atoms with Crippen LogP contribution in [0.25, 0.3) is 53.2 Å². The van der Waals surface area contributed by atoms with Gasteiger partial charge in [-0.3, -0.25) is 0 Å². The number of anilines is 3. The van der Waals surface area contributed by atoms with Gasteiger partial charge in [-0.25, -0.2) is 0 Å². The topological polar surface area (TPSA) is 3.24 Å². The van der Waals surface area contributed by atoms with Gasteiger partial charge in [-0.1, -0.05) is 143 Å². The van der Waals surface area contributed by atoms with Crippen LogP contribution in [0.5, 0.6) is 0 Å². The van der Waals surface area contributed by atoms with Crippen LogP contribution in [-0.4, -0.2) is 0 Å². The first kappa shape index (κ1) is 27.9. The lowest BCUT2D eigenvalue weighted by molar-refractivity contribution is 0.660. The Morgan fingerprint density at radius 3 is 1.50 bits per heavy atom. The van der Waals surface area contributed by atoms with Crippen LogP contribution >= 0.6 is 11.3 Å². The van der Waals surface area contributed by atoms with E-state index in [2.05, 4.69) is 172 Å². The monoisotopic (exact) mass is 633 g/mol. The average molecular weight is 634 g/mol. The van der Waals surface area contributed by atoms with Gasteiger partial charge in [0.2, 0.25) is 0 Å². The SMILES string of the molecule is CC1(C)c2ccccc2-c2c(N(c3cccc4c3-c3ccccc3C4(C)C)c3cccc4c3ccc3c5ccccc5sc43)cccc21. The fourth-order valence-corrected chi connectivity index (χ4v) is 10.2. The Labute approximate surface area is 285 Å². The van der Waals surface area contributed by atoms with E-state index in [1.54, 1.807) is 0 Å². The molecular weight excluding hydrogens is 599 g/mol. The summed E-state index contributed by atoms with van der Waals surface area (Å²) in [4.78, 5) is 2.59. The molecule has 1 aromatic heterocycles. The summed E-state index contributed by atoms with van der Waals surface area (Å²) in [5.74, 6) is 0. The van der Waals surface area contributed by atoms with Crippen molar-refractivity contribution in [2.45, 2.75) is 38.5 Å². The Hall–Kier alpha value is -5.18. The Kier molecular flexibility index (Phi) is 5.63. The van der Waals surface area contributed by atoms with Crippen LogP contribution in [0.2, 0.25) is 0 Å². The van der Waals surface area contributed by atoms with E-state index in [-0.39, 0.29) is 10.8 Å². The third kappa shape index (κ3) is 3.56. The standard InChI is InChI=1S/C46H35NS/c1-45(2)34-18-8-5-15-32(34)42-36(45)20-12-23-39(42)47(40-24-13-21-37-43(40)33-16-6-9-19-35(33)46(37,3)4)38-22-11-17-30-28(38)26-27-31-29-14-7-10-25-41(29)48-44(30)31/h5-27H,1-4H3. The number of benzene rings is 7. The summed E-state index contributed by atoms with van der Waals surface area (Å²) in [6.45, 7) is 9.50. The third-order valence-corrected chi connectivity index (χ3v) is 12.5. The summed E-state index contributed by atoms with van der Waals surface area (Å²) in [5, 5.41) is 5.24. The molecule has 0 bridgehead atoms. The van der Waals surface area contributed by atoms with Crippen molar-refractivity contribution in [1.29, 1.82) is 0 Å². The molecule has 0 aliphatic heterocycles. The summed E-state index contributed by atoms with van der Waals surface area (Å²) in [6.07, 6.45) is 0. The quantitative estimate of drug-likeness (QED) is 0.187. The van der Waals surface area contributed by atoms with E-state index in [0.29, 0.717) is 0 Å². The van der Waals surface area contributed by atoms with E-state index in [0.717, 1.165) is 0 Å². The van der Waals surface area contributed by atoms with E-state index < -0.39 is 0 Å². The Bertz CT molecular complexity index is 2530. The summed E-state index contributed by atoms with van der Waals surface area (Å²) in [5.41, 5.74) is 14.3. The molecule has 8 aromatic rings. The third-order valence-electron chi connectivity index (χ3n) is 11.3. The molecule has 48 heavy (non-hydrogen) atoms. The van der Waals surface area contributed by atoms with Crippen LogP contribution in [0.1, 0.15) is 49.9 Å². The molecule has 0 amide bonds. The maximum atomic E-state index is 2.59. The van der Waals surface area contributed by atoms with Crippen LogP contribution in [0.4, 0.5) is 17.1 Å². The maximum Gasteiger partial charge on any atom is 0.0543 e. The van der Waals surface area contributed by atoms with Crippen LogP contribution in [0, 0.1) is 0 Å². The van der Waals surface area contributed by atoms with Gasteiger partial charge in [-0.15, -0.1) is 11.3 Å². The molecule has 0 fully saturated rings. The number of thiophene rings is 1. The first-order valence-corrected chi connectivity index (χ1v) is 17.8. The van der Waals surface area contributed by atoms with Gasteiger partial charge >= 0.3 is 0 Å². The van der Waals surface area contributed by atoms with E-state index >= 15 is 0 Å². The second kappa shape index (κ2) is 9.69. The van der Waals surface area contributed by atoms with Crippen molar-refractivity contribution in [1.82, 2.24) is 0 Å². The summed E-state index contributed by atoms with van der Waals surface area (Å²) in [7, 11) is 0. The van der Waals surface area contributed by atoms with Crippen molar-refractivity contribution >= 4 is 59.3 Å². The molecule has 0 atom stereocenters. The zero-order valence-corrected chi connectivity index (χ0v) is 28.5. The summed E-state index contributed by atoms with van der Waals surface area (Å²) < 4.78 is 2.69. The van der Waals surface area contributed by atoms with Crippen molar-refractivity contribution in [3.05, 3.63) is 162 Å². The van der Waals surface area contributed by atoms with Crippen LogP contribution in [-0.2, 0) is 10.8 Å². The molecule has 0 unspecified atom stereocenters. The highest BCUT2D eigenvalue weighted by Gasteiger charge is 2.40. The first-order valence-electron chi connectivity index (χ1n) is 17.0. The van der Waals surface area contributed by atoms with Crippen molar-refractivity contribution in [2.24, 2.45) is 0 Å². The van der Waals surface area contributed by atoms with Crippen molar-refractivity contribution < 1.29 is 0 Å². The lowest BCUT2D eigenvalue weighted by Crippen LogP contribution is -2.17. The molecule has 0 radical (unpaired) electrons. The fraction of sp³-hybridized carbons (Fsp3) is 0.130. The highest BCUT2D eigenvalue weighted by Crippen LogP contribution is 2.58. The molecule has 10 rings (SSSR count). The van der Waals surface area contributed by atoms with Crippen LogP contribution < -0.4 is 4.90 Å².